The highest BCUT2D eigenvalue weighted by molar-refractivity contribution is 7.90. The molecule has 0 aromatic carbocycles. The lowest BCUT2D eigenvalue weighted by Crippen LogP contribution is -2.05. The summed E-state index contributed by atoms with van der Waals surface area (Å²) in [6, 6.07) is 3.23. The number of pyridine rings is 1. The molecule has 1 N–H and O–H groups in total. The maximum Gasteiger partial charge on any atom is 0.192 e. The van der Waals surface area contributed by atoms with E-state index in [1.807, 2.05) is 18.5 Å². The smallest absolute Gasteiger partial charge is 0.192 e. The zero-order valence-corrected chi connectivity index (χ0v) is 13.5. The van der Waals surface area contributed by atoms with Gasteiger partial charge in [0.2, 0.25) is 0 Å². The van der Waals surface area contributed by atoms with Crippen LogP contribution in [-0.2, 0) is 22.9 Å². The van der Waals surface area contributed by atoms with Gasteiger partial charge in [0.1, 0.15) is 0 Å². The highest BCUT2D eigenvalue weighted by Gasteiger charge is 2.11. The van der Waals surface area contributed by atoms with Crippen LogP contribution >= 0.6 is 0 Å². The third-order valence-electron chi connectivity index (χ3n) is 3.42. The van der Waals surface area contributed by atoms with Gasteiger partial charge in [-0.25, -0.2) is 13.4 Å². The fourth-order valence-corrected chi connectivity index (χ4v) is 2.75. The molecule has 0 spiro atoms. The van der Waals surface area contributed by atoms with Crippen LogP contribution < -0.4 is 5.32 Å². The first-order valence-corrected chi connectivity index (χ1v) is 8.65. The number of nitrogens with one attached hydrogen (secondary N) is 1. The molecule has 0 amide bonds. The maximum atomic E-state index is 11.4. The first-order valence-electron chi connectivity index (χ1n) is 6.75. The Hall–Kier alpha value is -1.89. The SMILES string of the molecule is CCn1nc(C)c(CNc2ccc(S(C)(=O)=O)nc2)c1C. The summed E-state index contributed by atoms with van der Waals surface area (Å²) in [5.74, 6) is 0. The van der Waals surface area contributed by atoms with Gasteiger partial charge in [-0.05, 0) is 32.9 Å². The van der Waals surface area contributed by atoms with Gasteiger partial charge < -0.3 is 5.32 Å². The second kappa shape index (κ2) is 5.85. The molecule has 0 aliphatic rings. The second-order valence-corrected chi connectivity index (χ2v) is 6.94. The van der Waals surface area contributed by atoms with Crippen molar-refractivity contribution in [3.8, 4) is 0 Å². The summed E-state index contributed by atoms with van der Waals surface area (Å²) in [5, 5.41) is 7.80. The van der Waals surface area contributed by atoms with E-state index in [0.717, 1.165) is 35.4 Å². The van der Waals surface area contributed by atoms with Crippen LogP contribution in [0.25, 0.3) is 0 Å². The highest BCUT2D eigenvalue weighted by atomic mass is 32.2. The van der Waals surface area contributed by atoms with Gasteiger partial charge in [-0.3, -0.25) is 4.68 Å². The summed E-state index contributed by atoms with van der Waals surface area (Å²) >= 11 is 0. The minimum absolute atomic E-state index is 0.0826. The molecule has 114 valence electrons. The van der Waals surface area contributed by atoms with Crippen LogP contribution in [0.2, 0.25) is 0 Å². The lowest BCUT2D eigenvalue weighted by molar-refractivity contribution is 0.598. The molecule has 6 nitrogen and oxygen atoms in total. The van der Waals surface area contributed by atoms with Crippen LogP contribution in [0.1, 0.15) is 23.9 Å². The molecular weight excluding hydrogens is 288 g/mol. The lowest BCUT2D eigenvalue weighted by atomic mass is 10.2. The van der Waals surface area contributed by atoms with Crippen molar-refractivity contribution in [3.63, 3.8) is 0 Å². The Morgan fingerprint density at radius 3 is 2.48 bits per heavy atom. The number of hydrogen-bond acceptors (Lipinski definition) is 5. The van der Waals surface area contributed by atoms with E-state index in [0.29, 0.717) is 6.54 Å². The zero-order valence-electron chi connectivity index (χ0n) is 12.7. The number of aryl methyl sites for hydroxylation is 2. The molecule has 7 heteroatoms. The average molecular weight is 308 g/mol. The molecule has 0 saturated heterocycles. The van der Waals surface area contributed by atoms with Crippen molar-refractivity contribution in [1.29, 1.82) is 0 Å². The molecule has 0 atom stereocenters. The number of nitrogens with zero attached hydrogens (tertiary/aromatic N) is 3. The molecule has 2 heterocycles. The van der Waals surface area contributed by atoms with E-state index in [1.165, 1.54) is 12.3 Å². The van der Waals surface area contributed by atoms with Gasteiger partial charge in [0.05, 0.1) is 17.6 Å². The maximum absolute atomic E-state index is 11.4. The molecule has 0 bridgehead atoms. The molecule has 0 saturated carbocycles. The van der Waals surface area contributed by atoms with E-state index in [2.05, 4.69) is 22.3 Å². The molecule has 0 aliphatic carbocycles. The Morgan fingerprint density at radius 1 is 1.29 bits per heavy atom. The third-order valence-corrected chi connectivity index (χ3v) is 4.42. The average Bonchev–Trinajstić information content (AvgIpc) is 2.70. The van der Waals surface area contributed by atoms with E-state index >= 15 is 0 Å². The fraction of sp³-hybridized carbons (Fsp3) is 0.429. The van der Waals surface area contributed by atoms with Crippen molar-refractivity contribution < 1.29 is 8.42 Å². The van der Waals surface area contributed by atoms with E-state index in [-0.39, 0.29) is 5.03 Å². The van der Waals surface area contributed by atoms with Crippen molar-refractivity contribution in [2.75, 3.05) is 11.6 Å². The number of anilines is 1. The van der Waals surface area contributed by atoms with E-state index in [1.54, 1.807) is 6.07 Å². The van der Waals surface area contributed by atoms with Crippen LogP contribution in [-0.4, -0.2) is 29.4 Å². The van der Waals surface area contributed by atoms with Crippen molar-refractivity contribution in [1.82, 2.24) is 14.8 Å². The molecule has 0 radical (unpaired) electrons. The normalized spacial score (nSPS) is 11.6. The van der Waals surface area contributed by atoms with Gasteiger partial charge in [-0.15, -0.1) is 0 Å². The van der Waals surface area contributed by atoms with Gasteiger partial charge in [0.15, 0.2) is 14.9 Å². The fourth-order valence-electron chi connectivity index (χ4n) is 2.19. The minimum Gasteiger partial charge on any atom is -0.380 e. The van der Waals surface area contributed by atoms with Crippen LogP contribution in [0.5, 0.6) is 0 Å². The second-order valence-electron chi connectivity index (χ2n) is 4.98. The molecule has 0 aliphatic heterocycles. The van der Waals surface area contributed by atoms with Crippen molar-refractivity contribution in [2.45, 2.75) is 38.9 Å². The summed E-state index contributed by atoms with van der Waals surface area (Å²) in [6.45, 7) is 7.58. The summed E-state index contributed by atoms with van der Waals surface area (Å²) in [4.78, 5) is 3.96. The highest BCUT2D eigenvalue weighted by Crippen LogP contribution is 2.16. The summed E-state index contributed by atoms with van der Waals surface area (Å²) < 4.78 is 24.7. The number of sulfone groups is 1. The van der Waals surface area contributed by atoms with Gasteiger partial charge in [-0.2, -0.15) is 5.10 Å². The topological polar surface area (TPSA) is 76.9 Å². The Morgan fingerprint density at radius 2 is 2.00 bits per heavy atom. The van der Waals surface area contributed by atoms with E-state index in [4.69, 9.17) is 0 Å². The van der Waals surface area contributed by atoms with Gasteiger partial charge >= 0.3 is 0 Å². The summed E-state index contributed by atoms with van der Waals surface area (Å²) in [5.41, 5.74) is 4.08. The van der Waals surface area contributed by atoms with E-state index < -0.39 is 9.84 Å². The lowest BCUT2D eigenvalue weighted by Gasteiger charge is -2.07. The van der Waals surface area contributed by atoms with Crippen molar-refractivity contribution >= 4 is 15.5 Å². The Bertz CT molecular complexity index is 733. The Kier molecular flexibility index (Phi) is 4.32. The predicted octanol–water partition coefficient (Wildman–Crippen LogP) is 1.93. The summed E-state index contributed by atoms with van der Waals surface area (Å²) in [7, 11) is -3.25. The van der Waals surface area contributed by atoms with Gasteiger partial charge in [0, 0.05) is 30.6 Å². The van der Waals surface area contributed by atoms with Gasteiger partial charge in [-0.1, -0.05) is 0 Å². The Balaban J connectivity index is 2.12. The van der Waals surface area contributed by atoms with Crippen LogP contribution in [0, 0.1) is 13.8 Å². The molecule has 2 rings (SSSR count). The predicted molar refractivity (Wildman–Crippen MR) is 82.0 cm³/mol. The minimum atomic E-state index is -3.25. The zero-order chi connectivity index (χ0) is 15.6. The number of aromatic nitrogens is 3. The standard InChI is InChI=1S/C14H20N4O2S/c1-5-18-11(3)13(10(2)17-18)9-15-12-6-7-14(16-8-12)21(4,19)20/h6-8,15H,5,9H2,1-4H3. The first kappa shape index (κ1) is 15.5. The third kappa shape index (κ3) is 3.41. The largest absolute Gasteiger partial charge is 0.380 e. The van der Waals surface area contributed by atoms with Crippen molar-refractivity contribution in [3.05, 3.63) is 35.3 Å². The molecule has 21 heavy (non-hydrogen) atoms. The van der Waals surface area contributed by atoms with Crippen LogP contribution in [0.4, 0.5) is 5.69 Å². The molecule has 2 aromatic rings. The molecule has 0 unspecified atom stereocenters. The molecular formula is C14H20N4O2S. The summed E-state index contributed by atoms with van der Waals surface area (Å²) in [6.07, 6.45) is 2.68. The molecule has 2 aromatic heterocycles. The van der Waals surface area contributed by atoms with Crippen LogP contribution in [0.15, 0.2) is 23.4 Å². The number of rotatable bonds is 5. The Labute approximate surface area is 125 Å². The monoisotopic (exact) mass is 308 g/mol. The quantitative estimate of drug-likeness (QED) is 0.913. The molecule has 0 fully saturated rings. The van der Waals surface area contributed by atoms with Crippen LogP contribution in [0.3, 0.4) is 0 Å². The number of hydrogen-bond donors (Lipinski definition) is 1. The van der Waals surface area contributed by atoms with E-state index in [9.17, 15) is 8.42 Å². The van der Waals surface area contributed by atoms with Gasteiger partial charge in [0.25, 0.3) is 0 Å². The first-order chi connectivity index (χ1) is 9.82. The van der Waals surface area contributed by atoms with Crippen molar-refractivity contribution in [2.24, 2.45) is 0 Å².